The lowest BCUT2D eigenvalue weighted by molar-refractivity contribution is -0.139. The van der Waals surface area contributed by atoms with E-state index in [1.807, 2.05) is 4.90 Å². The molecule has 1 aliphatic heterocycles. The maximum Gasteiger partial charge on any atom is 0.317 e. The highest BCUT2D eigenvalue weighted by Crippen LogP contribution is 2.60. The van der Waals surface area contributed by atoms with Gasteiger partial charge in [0.25, 0.3) is 0 Å². The van der Waals surface area contributed by atoms with E-state index in [2.05, 4.69) is 18.2 Å². The molecular formula is C23H31NO3. The zero-order chi connectivity index (χ0) is 18.4. The summed E-state index contributed by atoms with van der Waals surface area (Å²) >= 11 is 0. The summed E-state index contributed by atoms with van der Waals surface area (Å²) in [6.07, 6.45) is 16.5. The fourth-order valence-corrected chi connectivity index (χ4v) is 6.74. The van der Waals surface area contributed by atoms with Gasteiger partial charge in [0.1, 0.15) is 0 Å². The van der Waals surface area contributed by atoms with Crippen molar-refractivity contribution in [3.63, 3.8) is 0 Å². The molecule has 4 heteroatoms. The molecule has 8 aliphatic carbocycles. The molecule has 5 fully saturated rings. The van der Waals surface area contributed by atoms with Crippen LogP contribution < -0.4 is 0 Å². The van der Waals surface area contributed by atoms with Gasteiger partial charge in [0, 0.05) is 13.1 Å². The van der Waals surface area contributed by atoms with E-state index in [0.29, 0.717) is 13.2 Å². The van der Waals surface area contributed by atoms with Crippen LogP contribution in [0.1, 0.15) is 38.5 Å². The molecule has 0 aromatic heterocycles. The Labute approximate surface area is 161 Å². The summed E-state index contributed by atoms with van der Waals surface area (Å²) in [5.41, 5.74) is 5.17. The van der Waals surface area contributed by atoms with Gasteiger partial charge in [-0.25, -0.2) is 0 Å². The van der Waals surface area contributed by atoms with Crippen LogP contribution in [0.5, 0.6) is 0 Å². The molecule has 5 atom stereocenters. The van der Waals surface area contributed by atoms with Crippen molar-refractivity contribution in [2.75, 3.05) is 32.8 Å². The normalized spacial score (nSPS) is 38.8. The van der Waals surface area contributed by atoms with Crippen molar-refractivity contribution in [3.8, 4) is 0 Å². The Morgan fingerprint density at radius 2 is 1.89 bits per heavy atom. The predicted molar refractivity (Wildman–Crippen MR) is 104 cm³/mol. The van der Waals surface area contributed by atoms with Crippen LogP contribution in [0.2, 0.25) is 0 Å². The first-order chi connectivity index (χ1) is 13.2. The summed E-state index contributed by atoms with van der Waals surface area (Å²) in [7, 11) is 0. The van der Waals surface area contributed by atoms with Gasteiger partial charge in [0.2, 0.25) is 0 Å². The molecule has 146 valence electrons. The molecule has 4 saturated carbocycles. The molecule has 1 N–H and O–H groups in total. The maximum absolute atomic E-state index is 10.2. The van der Waals surface area contributed by atoms with Gasteiger partial charge < -0.3 is 9.84 Å². The molecule has 9 rings (SSSR count). The number of nitrogens with zero attached hydrogens (tertiary/aromatic N) is 1. The van der Waals surface area contributed by atoms with Gasteiger partial charge in [-0.3, -0.25) is 9.69 Å². The van der Waals surface area contributed by atoms with Crippen LogP contribution >= 0.6 is 0 Å². The summed E-state index contributed by atoms with van der Waals surface area (Å²) < 4.78 is 5.05. The third-order valence-corrected chi connectivity index (χ3v) is 7.92. The highest BCUT2D eigenvalue weighted by atomic mass is 16.5. The van der Waals surface area contributed by atoms with Crippen molar-refractivity contribution in [3.05, 3.63) is 34.9 Å². The maximum atomic E-state index is 10.2. The minimum absolute atomic E-state index is 0.142. The van der Waals surface area contributed by atoms with Crippen molar-refractivity contribution in [1.82, 2.24) is 4.90 Å². The number of carbonyl (C=O) groups is 1. The summed E-state index contributed by atoms with van der Waals surface area (Å²) in [6.45, 7) is 2.95. The van der Waals surface area contributed by atoms with Gasteiger partial charge in [-0.05, 0) is 84.8 Å². The standard InChI is InChI=1S/C17H20.C6H11NO3/c1-3-12-11-2-4-16-14(12)7-8-15-13(10(1)9-11)5-6-17(15)16;8-6(9)5-7-1-3-10-4-2-7/h5-6,8,10-12,14,16H,1-4,7,9H2;1-5H2,(H,8,9). The van der Waals surface area contributed by atoms with Crippen molar-refractivity contribution in [1.29, 1.82) is 0 Å². The topological polar surface area (TPSA) is 49.8 Å². The fraction of sp³-hybridized carbons (Fsp3) is 0.696. The fourth-order valence-electron chi connectivity index (χ4n) is 6.74. The van der Waals surface area contributed by atoms with E-state index in [0.717, 1.165) is 42.7 Å². The molecule has 0 aromatic carbocycles. The van der Waals surface area contributed by atoms with Crippen LogP contribution in [0.15, 0.2) is 34.9 Å². The lowest BCUT2D eigenvalue weighted by Gasteiger charge is -2.47. The number of morpholine rings is 1. The lowest BCUT2D eigenvalue weighted by Crippen LogP contribution is -2.39. The number of ether oxygens (including phenoxy) is 1. The minimum Gasteiger partial charge on any atom is -0.480 e. The second-order valence-electron chi connectivity index (χ2n) is 9.16. The minimum atomic E-state index is -0.762. The molecule has 4 nitrogen and oxygen atoms in total. The Balaban J connectivity index is 0.000000139. The molecule has 0 radical (unpaired) electrons. The molecule has 8 bridgehead atoms. The van der Waals surface area contributed by atoms with Crippen molar-refractivity contribution >= 4 is 5.97 Å². The van der Waals surface area contributed by atoms with E-state index >= 15 is 0 Å². The second kappa shape index (κ2) is 7.21. The zero-order valence-electron chi connectivity index (χ0n) is 16.1. The molecule has 1 saturated heterocycles. The Morgan fingerprint density at radius 1 is 1.07 bits per heavy atom. The summed E-state index contributed by atoms with van der Waals surface area (Å²) in [6, 6.07) is 0. The molecule has 27 heavy (non-hydrogen) atoms. The summed E-state index contributed by atoms with van der Waals surface area (Å²) in [5, 5.41) is 8.38. The number of hydrogen-bond acceptors (Lipinski definition) is 3. The average Bonchev–Trinajstić information content (AvgIpc) is 3.17. The quantitative estimate of drug-likeness (QED) is 0.807. The largest absolute Gasteiger partial charge is 0.480 e. The molecule has 0 spiro atoms. The van der Waals surface area contributed by atoms with Gasteiger partial charge in [0.05, 0.1) is 19.8 Å². The van der Waals surface area contributed by atoms with Crippen LogP contribution in [0.3, 0.4) is 0 Å². The van der Waals surface area contributed by atoms with E-state index in [9.17, 15) is 4.79 Å². The van der Waals surface area contributed by atoms with E-state index < -0.39 is 5.97 Å². The smallest absolute Gasteiger partial charge is 0.317 e. The highest BCUT2D eigenvalue weighted by molar-refractivity contribution is 5.69. The highest BCUT2D eigenvalue weighted by Gasteiger charge is 2.48. The van der Waals surface area contributed by atoms with Gasteiger partial charge in [0.15, 0.2) is 0 Å². The Bertz CT molecular complexity index is 700. The van der Waals surface area contributed by atoms with Gasteiger partial charge >= 0.3 is 5.97 Å². The first-order valence-electron chi connectivity index (χ1n) is 10.9. The van der Waals surface area contributed by atoms with Crippen LogP contribution in [0, 0.1) is 29.6 Å². The van der Waals surface area contributed by atoms with Crippen LogP contribution in [-0.4, -0.2) is 48.8 Å². The van der Waals surface area contributed by atoms with Crippen molar-refractivity contribution < 1.29 is 14.6 Å². The number of allylic oxidation sites excluding steroid dienone is 6. The number of hydrogen-bond donors (Lipinski definition) is 1. The van der Waals surface area contributed by atoms with Gasteiger partial charge in [-0.1, -0.05) is 18.2 Å². The first-order valence-corrected chi connectivity index (χ1v) is 10.9. The Morgan fingerprint density at radius 3 is 2.70 bits per heavy atom. The third-order valence-electron chi connectivity index (χ3n) is 7.92. The molecule has 0 amide bonds. The lowest BCUT2D eigenvalue weighted by atomic mass is 9.58. The monoisotopic (exact) mass is 369 g/mol. The van der Waals surface area contributed by atoms with E-state index in [1.54, 1.807) is 16.7 Å². The van der Waals surface area contributed by atoms with Crippen LogP contribution in [0.25, 0.3) is 0 Å². The number of rotatable bonds is 2. The van der Waals surface area contributed by atoms with Crippen molar-refractivity contribution in [2.45, 2.75) is 38.5 Å². The Hall–Kier alpha value is -1.39. The Kier molecular flexibility index (Phi) is 4.73. The molecule has 5 unspecified atom stereocenters. The SMILES string of the molecule is C1=C2C3=CC=C2C2CCC4CC3CCC4C2C1.O=C(O)CN1CCOCC1. The molecule has 9 aliphatic rings. The van der Waals surface area contributed by atoms with E-state index in [4.69, 9.17) is 9.84 Å². The third kappa shape index (κ3) is 3.21. The summed E-state index contributed by atoms with van der Waals surface area (Å²) in [4.78, 5) is 12.1. The number of carboxylic acid groups (broad SMARTS) is 1. The number of carboxylic acids is 1. The van der Waals surface area contributed by atoms with Crippen LogP contribution in [-0.2, 0) is 9.53 Å². The molecular weight excluding hydrogens is 338 g/mol. The first kappa shape index (κ1) is 17.7. The van der Waals surface area contributed by atoms with E-state index in [1.165, 1.54) is 38.5 Å². The molecule has 1 heterocycles. The predicted octanol–water partition coefficient (Wildman–Crippen LogP) is 3.66. The van der Waals surface area contributed by atoms with Gasteiger partial charge in [-0.15, -0.1) is 0 Å². The second-order valence-corrected chi connectivity index (χ2v) is 9.16. The van der Waals surface area contributed by atoms with E-state index in [-0.39, 0.29) is 6.54 Å². The zero-order valence-corrected chi connectivity index (χ0v) is 16.1. The average molecular weight is 370 g/mol. The van der Waals surface area contributed by atoms with Gasteiger partial charge in [-0.2, -0.15) is 0 Å². The molecule has 0 aromatic rings. The number of aliphatic carboxylic acids is 1. The van der Waals surface area contributed by atoms with Crippen LogP contribution in [0.4, 0.5) is 0 Å². The summed E-state index contributed by atoms with van der Waals surface area (Å²) in [5.74, 6) is 4.23. The van der Waals surface area contributed by atoms with Crippen molar-refractivity contribution in [2.24, 2.45) is 29.6 Å². The number of fused-ring (bicyclic) bond motifs is 1.